The molecule has 0 aromatic heterocycles. The molecule has 32 nitrogen and oxygen atoms in total. The summed E-state index contributed by atoms with van der Waals surface area (Å²) in [4.78, 5) is 27.5. The maximum Gasteiger partial charge on any atom is 1.00 e. The number of esters is 2. The average molecular weight is 1440 g/mol. The number of fused-ring (bicyclic) bond motifs is 4. The van der Waals surface area contributed by atoms with E-state index in [2.05, 4.69) is 39.1 Å². The second kappa shape index (κ2) is 31.4. The first-order valence-corrected chi connectivity index (χ1v) is 34.2. The molecule has 0 radical (unpaired) electrons. The number of hydrogen-bond donors (Lipinski definition) is 7. The quantitative estimate of drug-likeness (QED) is 0.0174. The van der Waals surface area contributed by atoms with Crippen molar-refractivity contribution in [3.8, 4) is 0 Å². The summed E-state index contributed by atoms with van der Waals surface area (Å²) in [6, 6.07) is 0. The van der Waals surface area contributed by atoms with Crippen LogP contribution in [0.25, 0.3) is 0 Å². The second-order valence-corrected chi connectivity index (χ2v) is 30.2. The van der Waals surface area contributed by atoms with E-state index in [-0.39, 0.29) is 106 Å². The Morgan fingerprint density at radius 3 is 1.79 bits per heavy atom. The Morgan fingerprint density at radius 2 is 1.23 bits per heavy atom. The van der Waals surface area contributed by atoms with Crippen molar-refractivity contribution in [2.45, 2.75) is 248 Å². The molecular formula is C56H85Na3O32S3. The molecule has 5 heterocycles. The van der Waals surface area contributed by atoms with Gasteiger partial charge in [0.05, 0.1) is 43.4 Å². The van der Waals surface area contributed by atoms with Gasteiger partial charge in [0.15, 0.2) is 25.2 Å². The van der Waals surface area contributed by atoms with Crippen molar-refractivity contribution in [1.29, 1.82) is 0 Å². The van der Waals surface area contributed by atoms with Gasteiger partial charge in [-0.2, -0.15) is 0 Å². The van der Waals surface area contributed by atoms with Crippen LogP contribution in [0.15, 0.2) is 23.8 Å². The molecule has 9 rings (SSSR count). The Kier molecular flexibility index (Phi) is 27.8. The molecule has 0 bridgehead atoms. The Bertz CT molecular complexity index is 3060. The van der Waals surface area contributed by atoms with Crippen molar-refractivity contribution in [3.05, 3.63) is 23.8 Å². The van der Waals surface area contributed by atoms with Crippen LogP contribution in [-0.4, -0.2) is 248 Å². The normalized spacial score (nSPS) is 45.1. The van der Waals surface area contributed by atoms with E-state index in [4.69, 9.17) is 52.1 Å². The van der Waals surface area contributed by atoms with E-state index >= 15 is 0 Å². The van der Waals surface area contributed by atoms with Crippen LogP contribution >= 0.6 is 0 Å². The van der Waals surface area contributed by atoms with Crippen molar-refractivity contribution in [2.75, 3.05) is 26.9 Å². The van der Waals surface area contributed by atoms with Gasteiger partial charge in [-0.1, -0.05) is 44.9 Å². The minimum Gasteiger partial charge on any atom is -0.726 e. The maximum atomic E-state index is 14.7. The summed E-state index contributed by atoms with van der Waals surface area (Å²) in [5, 5.41) is 80.2. The molecule has 5 saturated heterocycles. The summed E-state index contributed by atoms with van der Waals surface area (Å²) < 4.78 is 183. The Labute approximate surface area is 613 Å². The fourth-order valence-corrected chi connectivity index (χ4v) is 18.0. The van der Waals surface area contributed by atoms with E-state index in [1.165, 1.54) is 13.8 Å². The molecule has 94 heavy (non-hydrogen) atoms. The van der Waals surface area contributed by atoms with Gasteiger partial charge in [-0.3, -0.25) is 22.1 Å². The number of carbonyl (C=O) groups is 2. The third kappa shape index (κ3) is 16.6. The first-order valence-electron chi connectivity index (χ1n) is 30.2. The standard InChI is InChI=1S/C56H88O32S3.3Na/c1-24(2)12-11-17-55(9)46-29(80-26(4)57)20-54(8)28-13-14-33-52(5,6)34(16-18-53(33,7)27(28)15-19-56(46,54)51(65)87-55)83-50-45(37(60)32(21-76-50)88-91(72,73)74)86-47-39(62)38(61)42(25(3)79-47)84-49-41(64)44(36(59)31(82-49)23-78-90(69,70)71)85-48-40(63)43(75-10)35(58)30(81-48)22-77-89(66,67)68;;;/h13,25,27,29-50,58-64H,1,11-12,14-23H2,2-10H3,(H,66,67,68)(H,69,70,71)(H,72,73,74);;;/q;3*+1/p-3/t25-,27-,29+,30-,31-,32-,33+,34+,35-,36-,37+,38-,39-,40-,41-,42-,43+,44+,45-,46-,47+,48+,49+,50+,53-,54+,55+,56-;;;/m1.../s1. The van der Waals surface area contributed by atoms with E-state index in [0.717, 1.165) is 31.1 Å². The third-order valence-corrected chi connectivity index (χ3v) is 22.4. The van der Waals surface area contributed by atoms with Gasteiger partial charge in [-0.25, -0.2) is 25.3 Å². The average Bonchev–Trinajstić information content (AvgIpc) is 1.47. The molecule has 8 fully saturated rings. The third-order valence-electron chi connectivity index (χ3n) is 21.0. The number of methoxy groups -OCH3 is 1. The van der Waals surface area contributed by atoms with Crippen LogP contribution < -0.4 is 88.7 Å². The first-order chi connectivity index (χ1) is 42.1. The Morgan fingerprint density at radius 1 is 0.681 bits per heavy atom. The van der Waals surface area contributed by atoms with Crippen LogP contribution in [-0.2, 0) is 105 Å². The molecule has 0 amide bonds. The largest absolute Gasteiger partial charge is 1.00 e. The molecule has 0 unspecified atom stereocenters. The molecular weight excluding hydrogens is 1350 g/mol. The van der Waals surface area contributed by atoms with Gasteiger partial charge >= 0.3 is 101 Å². The molecule has 9 aliphatic rings. The minimum atomic E-state index is -5.51. The van der Waals surface area contributed by atoms with Crippen LogP contribution in [0.2, 0.25) is 0 Å². The molecule has 3 saturated carbocycles. The monoisotopic (exact) mass is 1430 g/mol. The fraction of sp³-hybridized carbons (Fsp3) is 0.893. The van der Waals surface area contributed by atoms with E-state index in [1.54, 1.807) is 0 Å². The smallest absolute Gasteiger partial charge is 0.726 e. The van der Waals surface area contributed by atoms with Crippen molar-refractivity contribution < 1.29 is 238 Å². The zero-order chi connectivity index (χ0) is 67.3. The molecule has 1 spiro atoms. The number of rotatable bonds is 22. The summed E-state index contributed by atoms with van der Waals surface area (Å²) in [7, 11) is -15.4. The van der Waals surface area contributed by atoms with Crippen molar-refractivity contribution >= 4 is 43.1 Å². The minimum absolute atomic E-state index is 0. The van der Waals surface area contributed by atoms with E-state index in [1.807, 2.05) is 27.7 Å². The Hall–Kier alpha value is 0.390. The summed E-state index contributed by atoms with van der Waals surface area (Å²) in [5.74, 6) is -1.26. The first kappa shape index (κ1) is 83.3. The fourth-order valence-electron chi connectivity index (χ4n) is 16.9. The predicted molar refractivity (Wildman–Crippen MR) is 297 cm³/mol. The van der Waals surface area contributed by atoms with Gasteiger partial charge in [0.25, 0.3) is 0 Å². The Balaban J connectivity index is 0.00000467. The number of hydrogen-bond acceptors (Lipinski definition) is 32. The summed E-state index contributed by atoms with van der Waals surface area (Å²) >= 11 is 0. The summed E-state index contributed by atoms with van der Waals surface area (Å²) in [5.41, 5.74) is -1.59. The molecule has 5 aliphatic heterocycles. The molecule has 4 aliphatic carbocycles. The van der Waals surface area contributed by atoms with E-state index < -0.39 is 219 Å². The number of aliphatic hydroxyl groups is 7. The summed E-state index contributed by atoms with van der Waals surface area (Å²) in [6.07, 6.45) is -31.5. The number of cyclic esters (lactones) is 1. The topological polar surface area (TPSA) is 477 Å². The zero-order valence-corrected chi connectivity index (χ0v) is 63.1. The molecule has 28 atom stereocenters. The van der Waals surface area contributed by atoms with Gasteiger partial charge < -0.3 is 102 Å². The SMILES string of the molecule is C=C(C)CCC[C@]1(C)OC(=O)[C@]23CC[C@@H]4C(=CC[C@H]5C(C)(C)[C@@H](O[C@@H]6OC[C@@H](OS(=O)(=O)[O-])[C@H](O)[C@H]6O[C@@H]6O[C@H](C)[C@@H](O[C@@H]7O[C@H](COS(=O)(=O)[O-])[C@@H](O)[C@H](O[C@@H]8O[C@H](COS(=O)(=O)[O-])[C@@H](O)[C@H](OC)[C@H]8O)[C@H]7O)[C@H](O)[C@H]6O)CC[C@]45C)[C@]2(C)C[C@H](OC(C)=O)[C@@H]31.[Na+].[Na+].[Na+]. The molecule has 38 heteroatoms. The van der Waals surface area contributed by atoms with Gasteiger partial charge in [0.1, 0.15) is 97.2 Å². The second-order valence-electron chi connectivity index (χ2n) is 27.0. The van der Waals surface area contributed by atoms with Gasteiger partial charge in [0.2, 0.25) is 31.2 Å². The van der Waals surface area contributed by atoms with Crippen LogP contribution in [0.5, 0.6) is 0 Å². The number of aliphatic hydroxyl groups excluding tert-OH is 7. The van der Waals surface area contributed by atoms with Crippen molar-refractivity contribution in [3.63, 3.8) is 0 Å². The molecule has 522 valence electrons. The maximum absolute atomic E-state index is 14.7. The van der Waals surface area contributed by atoms with Gasteiger partial charge in [-0.15, -0.1) is 6.58 Å². The van der Waals surface area contributed by atoms with Crippen molar-refractivity contribution in [1.82, 2.24) is 0 Å². The number of ether oxygens (including phenoxy) is 11. The van der Waals surface area contributed by atoms with Crippen LogP contribution in [0.1, 0.15) is 113 Å². The molecule has 0 aromatic carbocycles. The predicted octanol–water partition coefficient (Wildman–Crippen LogP) is -10.4. The van der Waals surface area contributed by atoms with Gasteiger partial charge in [0, 0.05) is 19.4 Å². The molecule has 7 N–H and O–H groups in total. The molecule has 0 aromatic rings. The van der Waals surface area contributed by atoms with Crippen molar-refractivity contribution in [2.24, 2.45) is 39.4 Å². The van der Waals surface area contributed by atoms with Crippen LogP contribution in [0.4, 0.5) is 0 Å². The van der Waals surface area contributed by atoms with Crippen LogP contribution in [0, 0.1) is 39.4 Å². The summed E-state index contributed by atoms with van der Waals surface area (Å²) in [6.45, 7) is 15.8. The zero-order valence-electron chi connectivity index (χ0n) is 54.7. The van der Waals surface area contributed by atoms with Crippen LogP contribution in [0.3, 0.4) is 0 Å². The van der Waals surface area contributed by atoms with E-state index in [0.29, 0.717) is 44.9 Å². The number of allylic oxidation sites excluding steroid dienone is 3. The van der Waals surface area contributed by atoms with E-state index in [9.17, 15) is 84.2 Å². The van der Waals surface area contributed by atoms with Gasteiger partial charge in [-0.05, 0) is 101 Å². The number of carbonyl (C=O) groups excluding carboxylic acids is 2.